The molecular weight excluding hydrogens is 264 g/mol. The number of nitrogens with one attached hydrogen (secondary N) is 1. The molecule has 1 aromatic rings. The van der Waals surface area contributed by atoms with Crippen LogP contribution in [0, 0.1) is 5.92 Å². The van der Waals surface area contributed by atoms with Crippen LogP contribution in [0.1, 0.15) is 23.9 Å². The van der Waals surface area contributed by atoms with Crippen molar-refractivity contribution in [1.29, 1.82) is 0 Å². The van der Waals surface area contributed by atoms with E-state index >= 15 is 0 Å². The Morgan fingerprint density at radius 3 is 2.80 bits per heavy atom. The molecule has 2 N–H and O–H groups in total. The molecule has 2 heterocycles. The third kappa shape index (κ3) is 2.98. The molecule has 7 heteroatoms. The second-order valence-corrected chi connectivity index (χ2v) is 4.78. The Morgan fingerprint density at radius 1 is 1.50 bits per heavy atom. The lowest BCUT2D eigenvalue weighted by molar-refractivity contribution is -0.141. The number of carbonyl (C=O) groups excluding carboxylic acids is 2. The summed E-state index contributed by atoms with van der Waals surface area (Å²) >= 11 is 0. The molecule has 2 rings (SSSR count). The quantitative estimate of drug-likeness (QED) is 0.828. The van der Waals surface area contributed by atoms with Gasteiger partial charge in [-0.25, -0.2) is 0 Å². The van der Waals surface area contributed by atoms with Crippen molar-refractivity contribution in [3.05, 3.63) is 24.2 Å². The highest BCUT2D eigenvalue weighted by atomic mass is 16.4. The maximum atomic E-state index is 12.1. The molecular formula is C13H16N2O5. The lowest BCUT2D eigenvalue weighted by Crippen LogP contribution is -2.46. The zero-order valence-corrected chi connectivity index (χ0v) is 11.0. The van der Waals surface area contributed by atoms with Gasteiger partial charge in [-0.15, -0.1) is 0 Å². The summed E-state index contributed by atoms with van der Waals surface area (Å²) in [5, 5.41) is 11.4. The van der Waals surface area contributed by atoms with E-state index in [4.69, 9.17) is 9.52 Å². The molecule has 1 saturated heterocycles. The average molecular weight is 280 g/mol. The molecule has 0 saturated carbocycles. The van der Waals surface area contributed by atoms with Gasteiger partial charge >= 0.3 is 5.97 Å². The molecule has 7 nitrogen and oxygen atoms in total. The molecule has 1 fully saturated rings. The van der Waals surface area contributed by atoms with Crippen molar-refractivity contribution in [2.24, 2.45) is 5.92 Å². The van der Waals surface area contributed by atoms with Crippen molar-refractivity contribution >= 4 is 17.8 Å². The SMILES string of the molecule is CC(NC(=O)c1ccco1)C(=O)N1CCC(C(=O)O)C1. The van der Waals surface area contributed by atoms with E-state index in [-0.39, 0.29) is 18.2 Å². The van der Waals surface area contributed by atoms with E-state index in [1.165, 1.54) is 17.2 Å². The lowest BCUT2D eigenvalue weighted by atomic mass is 10.1. The Morgan fingerprint density at radius 2 is 2.25 bits per heavy atom. The number of carbonyl (C=O) groups is 3. The van der Waals surface area contributed by atoms with Crippen LogP contribution in [0.2, 0.25) is 0 Å². The van der Waals surface area contributed by atoms with Crippen LogP contribution in [0.15, 0.2) is 22.8 Å². The normalized spacial score (nSPS) is 19.6. The summed E-state index contributed by atoms with van der Waals surface area (Å²) in [6.07, 6.45) is 1.82. The van der Waals surface area contributed by atoms with Crippen LogP contribution >= 0.6 is 0 Å². The first-order valence-corrected chi connectivity index (χ1v) is 6.35. The molecule has 2 amide bonds. The van der Waals surface area contributed by atoms with E-state index in [0.717, 1.165) is 0 Å². The molecule has 0 bridgehead atoms. The van der Waals surface area contributed by atoms with E-state index in [1.54, 1.807) is 13.0 Å². The minimum Gasteiger partial charge on any atom is -0.481 e. The standard InChI is InChI=1S/C13H16N2O5/c1-8(14-11(16)10-3-2-6-20-10)12(17)15-5-4-9(7-15)13(18)19/h2-3,6,8-9H,4-5,7H2,1H3,(H,14,16)(H,18,19). The Kier molecular flexibility index (Phi) is 4.07. The number of hydrogen-bond donors (Lipinski definition) is 2. The van der Waals surface area contributed by atoms with Gasteiger partial charge in [0.1, 0.15) is 6.04 Å². The smallest absolute Gasteiger partial charge is 0.308 e. The van der Waals surface area contributed by atoms with E-state index in [0.29, 0.717) is 13.0 Å². The minimum absolute atomic E-state index is 0.134. The Hall–Kier alpha value is -2.31. The third-order valence-corrected chi connectivity index (χ3v) is 3.31. The van der Waals surface area contributed by atoms with E-state index in [1.807, 2.05) is 0 Å². The number of amides is 2. The molecule has 20 heavy (non-hydrogen) atoms. The Bertz CT molecular complexity index is 511. The van der Waals surface area contributed by atoms with Gasteiger partial charge in [-0.2, -0.15) is 0 Å². The first-order chi connectivity index (χ1) is 9.49. The van der Waals surface area contributed by atoms with Crippen molar-refractivity contribution < 1.29 is 23.9 Å². The number of nitrogens with zero attached hydrogens (tertiary/aromatic N) is 1. The second kappa shape index (κ2) is 5.77. The summed E-state index contributed by atoms with van der Waals surface area (Å²) in [5.74, 6) is -2.03. The highest BCUT2D eigenvalue weighted by molar-refractivity contribution is 5.95. The topological polar surface area (TPSA) is 99.9 Å². The minimum atomic E-state index is -0.896. The van der Waals surface area contributed by atoms with Gasteiger partial charge in [0.2, 0.25) is 5.91 Å². The molecule has 0 aliphatic carbocycles. The van der Waals surface area contributed by atoms with E-state index in [2.05, 4.69) is 5.32 Å². The van der Waals surface area contributed by atoms with E-state index in [9.17, 15) is 14.4 Å². The molecule has 1 aliphatic heterocycles. The number of likely N-dealkylation sites (tertiary alicyclic amines) is 1. The first kappa shape index (κ1) is 14.1. The number of rotatable bonds is 4. The monoisotopic (exact) mass is 280 g/mol. The zero-order valence-electron chi connectivity index (χ0n) is 11.0. The fraction of sp³-hybridized carbons (Fsp3) is 0.462. The molecule has 0 spiro atoms. The number of aliphatic carboxylic acids is 1. The molecule has 0 aromatic carbocycles. The van der Waals surface area contributed by atoms with Gasteiger partial charge in [-0.3, -0.25) is 14.4 Å². The highest BCUT2D eigenvalue weighted by Gasteiger charge is 2.33. The maximum absolute atomic E-state index is 12.1. The lowest BCUT2D eigenvalue weighted by Gasteiger charge is -2.21. The summed E-state index contributed by atoms with van der Waals surface area (Å²) in [6.45, 7) is 2.16. The van der Waals surface area contributed by atoms with Crippen molar-refractivity contribution in [2.45, 2.75) is 19.4 Å². The van der Waals surface area contributed by atoms with Crippen molar-refractivity contribution in [3.8, 4) is 0 Å². The predicted octanol–water partition coefficient (Wildman–Crippen LogP) is 0.331. The van der Waals surface area contributed by atoms with Gasteiger partial charge < -0.3 is 19.7 Å². The molecule has 0 radical (unpaired) electrons. The second-order valence-electron chi connectivity index (χ2n) is 4.78. The van der Waals surface area contributed by atoms with Crippen molar-refractivity contribution in [3.63, 3.8) is 0 Å². The average Bonchev–Trinajstić information content (AvgIpc) is 3.08. The number of furan rings is 1. The number of carboxylic acid groups (broad SMARTS) is 1. The largest absolute Gasteiger partial charge is 0.481 e. The van der Waals surface area contributed by atoms with Gasteiger partial charge in [0.25, 0.3) is 5.91 Å². The summed E-state index contributed by atoms with van der Waals surface area (Å²) < 4.78 is 4.94. The summed E-state index contributed by atoms with van der Waals surface area (Å²) in [4.78, 5) is 36.2. The maximum Gasteiger partial charge on any atom is 0.308 e. The van der Waals surface area contributed by atoms with Gasteiger partial charge in [-0.1, -0.05) is 0 Å². The van der Waals surface area contributed by atoms with Crippen molar-refractivity contribution in [1.82, 2.24) is 10.2 Å². The van der Waals surface area contributed by atoms with Gasteiger partial charge in [0, 0.05) is 13.1 Å². The molecule has 1 aliphatic rings. The van der Waals surface area contributed by atoms with Crippen LogP contribution in [0.4, 0.5) is 0 Å². The zero-order chi connectivity index (χ0) is 14.7. The van der Waals surface area contributed by atoms with Crippen LogP contribution in [0.3, 0.4) is 0 Å². The molecule has 1 aromatic heterocycles. The highest BCUT2D eigenvalue weighted by Crippen LogP contribution is 2.17. The van der Waals surface area contributed by atoms with Crippen LogP contribution in [-0.2, 0) is 9.59 Å². The fourth-order valence-corrected chi connectivity index (χ4v) is 2.17. The van der Waals surface area contributed by atoms with Crippen LogP contribution < -0.4 is 5.32 Å². The number of carboxylic acids is 1. The third-order valence-electron chi connectivity index (χ3n) is 3.31. The predicted molar refractivity (Wildman–Crippen MR) is 68.0 cm³/mol. The van der Waals surface area contributed by atoms with Crippen LogP contribution in [-0.4, -0.2) is 46.9 Å². The Labute approximate surface area is 115 Å². The first-order valence-electron chi connectivity index (χ1n) is 6.35. The van der Waals surface area contributed by atoms with Crippen LogP contribution in [0.5, 0.6) is 0 Å². The summed E-state index contributed by atoms with van der Waals surface area (Å²) in [7, 11) is 0. The molecule has 2 unspecified atom stereocenters. The van der Waals surface area contributed by atoms with Gasteiger partial charge in [-0.05, 0) is 25.5 Å². The molecule has 108 valence electrons. The fourth-order valence-electron chi connectivity index (χ4n) is 2.17. The van der Waals surface area contributed by atoms with Crippen LogP contribution in [0.25, 0.3) is 0 Å². The van der Waals surface area contributed by atoms with E-state index < -0.39 is 23.8 Å². The molecule has 2 atom stereocenters. The number of hydrogen-bond acceptors (Lipinski definition) is 4. The summed E-state index contributed by atoms with van der Waals surface area (Å²) in [5.41, 5.74) is 0. The summed E-state index contributed by atoms with van der Waals surface area (Å²) in [6, 6.07) is 2.36. The van der Waals surface area contributed by atoms with Gasteiger partial charge in [0.05, 0.1) is 12.2 Å². The Balaban J connectivity index is 1.90. The van der Waals surface area contributed by atoms with Crippen molar-refractivity contribution in [2.75, 3.05) is 13.1 Å². The van der Waals surface area contributed by atoms with Gasteiger partial charge in [0.15, 0.2) is 5.76 Å².